The number of hydrogen-bond donors (Lipinski definition) is 2. The van der Waals surface area contributed by atoms with Gasteiger partial charge in [0.05, 0.1) is 61.2 Å². The molecule has 2 unspecified atom stereocenters. The first-order valence-electron chi connectivity index (χ1n) is 19.1. The van der Waals surface area contributed by atoms with Crippen LogP contribution in [0.1, 0.15) is 47.4 Å². The van der Waals surface area contributed by atoms with Gasteiger partial charge in [0.15, 0.2) is 11.5 Å². The molecule has 6 heterocycles. The Morgan fingerprint density at radius 2 is 1.05 bits per heavy atom. The first kappa shape index (κ1) is 37.9. The van der Waals surface area contributed by atoms with Gasteiger partial charge in [-0.05, 0) is 73.2 Å². The fourth-order valence-corrected chi connectivity index (χ4v) is 9.95. The Hall–Kier alpha value is -5.02. The molecule has 2 aromatic carbocycles. The number of nitrogens with two attached hydrogens (primary N) is 2. The van der Waals surface area contributed by atoms with Gasteiger partial charge < -0.3 is 30.1 Å². The monoisotopic (exact) mass is 790 g/mol. The molecule has 2 aliphatic heterocycles. The molecule has 0 saturated heterocycles. The summed E-state index contributed by atoms with van der Waals surface area (Å²) in [5, 5.41) is 9.62. The smallest absolute Gasteiger partial charge is 0.241 e. The molecule has 0 saturated carbocycles. The third-order valence-electron chi connectivity index (χ3n) is 10.6. The maximum Gasteiger partial charge on any atom is 0.241 e. The van der Waals surface area contributed by atoms with Gasteiger partial charge in [0.2, 0.25) is 11.8 Å². The van der Waals surface area contributed by atoms with Crippen LogP contribution >= 0.6 is 21.6 Å². The summed E-state index contributed by atoms with van der Waals surface area (Å²) in [6, 6.07) is 30.3. The third-order valence-corrected chi connectivity index (χ3v) is 13.1. The highest BCUT2D eigenvalue weighted by molar-refractivity contribution is 8.76. The summed E-state index contributed by atoms with van der Waals surface area (Å²) < 4.78 is 15.3. The molecule has 0 bridgehead atoms. The lowest BCUT2D eigenvalue weighted by Gasteiger charge is -2.38. The van der Waals surface area contributed by atoms with E-state index in [0.717, 1.165) is 48.5 Å². The average molecular weight is 791 g/mol. The first-order valence-corrected chi connectivity index (χ1v) is 21.6. The summed E-state index contributed by atoms with van der Waals surface area (Å²) in [5.41, 5.74) is 19.1. The van der Waals surface area contributed by atoms with Gasteiger partial charge in [-0.15, -0.1) is 0 Å². The quantitative estimate of drug-likeness (QED) is 0.0887. The predicted octanol–water partition coefficient (Wildman–Crippen LogP) is 6.37. The lowest BCUT2D eigenvalue weighted by molar-refractivity contribution is -0.136. The number of carbonyl (C=O) groups excluding carboxylic acids is 2. The molecular formula is C42H46N8O4S2. The summed E-state index contributed by atoms with van der Waals surface area (Å²) >= 11 is 0. The average Bonchev–Trinajstić information content (AvgIpc) is 4.07. The van der Waals surface area contributed by atoms with E-state index < -0.39 is 12.1 Å². The number of benzene rings is 2. The Kier molecular flexibility index (Phi) is 11.8. The number of aryl methyl sites for hydroxylation is 2. The number of amides is 2. The van der Waals surface area contributed by atoms with E-state index in [-0.39, 0.29) is 23.9 Å². The molecule has 56 heavy (non-hydrogen) atoms. The zero-order chi connectivity index (χ0) is 38.4. The van der Waals surface area contributed by atoms with Crippen molar-refractivity contribution in [1.82, 2.24) is 29.4 Å². The maximum absolute atomic E-state index is 14.0. The Bertz CT molecular complexity index is 2030. The van der Waals surface area contributed by atoms with Crippen molar-refractivity contribution in [2.45, 2.75) is 62.9 Å². The van der Waals surface area contributed by atoms with Crippen LogP contribution in [-0.2, 0) is 35.5 Å². The lowest BCUT2D eigenvalue weighted by atomic mass is 9.99. The highest BCUT2D eigenvalue weighted by atomic mass is 33.1. The van der Waals surface area contributed by atoms with Gasteiger partial charge >= 0.3 is 0 Å². The molecular weight excluding hydrogens is 745 g/mol. The highest BCUT2D eigenvalue weighted by Crippen LogP contribution is 2.36. The van der Waals surface area contributed by atoms with E-state index in [4.69, 9.17) is 30.5 Å². The zero-order valence-electron chi connectivity index (χ0n) is 31.1. The predicted molar refractivity (Wildman–Crippen MR) is 219 cm³/mol. The summed E-state index contributed by atoms with van der Waals surface area (Å²) in [6.45, 7) is 2.17. The lowest BCUT2D eigenvalue weighted by Crippen LogP contribution is -2.50. The first-order chi connectivity index (χ1) is 27.4. The largest absolute Gasteiger partial charge is 0.463 e. The van der Waals surface area contributed by atoms with E-state index in [1.54, 1.807) is 12.5 Å². The number of hydrogen-bond acceptors (Lipinski definition) is 10. The van der Waals surface area contributed by atoms with Crippen molar-refractivity contribution in [3.05, 3.63) is 132 Å². The molecule has 2 amide bonds. The van der Waals surface area contributed by atoms with Crippen LogP contribution in [0.2, 0.25) is 0 Å². The molecule has 0 radical (unpaired) electrons. The topological polar surface area (TPSA) is 155 Å². The van der Waals surface area contributed by atoms with Crippen LogP contribution in [0.25, 0.3) is 22.9 Å². The van der Waals surface area contributed by atoms with E-state index in [2.05, 4.69) is 24.3 Å². The third kappa shape index (κ3) is 8.38. The summed E-state index contributed by atoms with van der Waals surface area (Å²) in [6.07, 6.45) is 6.36. The van der Waals surface area contributed by atoms with Crippen LogP contribution in [0.3, 0.4) is 0 Å². The molecule has 12 nitrogen and oxygen atoms in total. The van der Waals surface area contributed by atoms with Crippen molar-refractivity contribution in [1.29, 1.82) is 0 Å². The zero-order valence-corrected chi connectivity index (χ0v) is 32.7. The second-order valence-corrected chi connectivity index (χ2v) is 16.8. The van der Waals surface area contributed by atoms with Crippen molar-refractivity contribution >= 4 is 33.4 Å². The molecule has 0 aliphatic carbocycles. The minimum Gasteiger partial charge on any atom is -0.463 e. The molecule has 8 rings (SSSR count). The van der Waals surface area contributed by atoms with Gasteiger partial charge in [-0.2, -0.15) is 10.2 Å². The van der Waals surface area contributed by atoms with Gasteiger partial charge in [-0.3, -0.25) is 19.0 Å². The van der Waals surface area contributed by atoms with Gasteiger partial charge in [-0.25, -0.2) is 0 Å². The van der Waals surface area contributed by atoms with Crippen LogP contribution in [0.4, 0.5) is 0 Å². The van der Waals surface area contributed by atoms with E-state index in [9.17, 15) is 9.59 Å². The van der Waals surface area contributed by atoms with Crippen LogP contribution in [0.5, 0.6) is 0 Å². The fraction of sp³-hybridized carbons (Fsp3) is 0.333. The number of fused-ring (bicyclic) bond motifs is 2. The van der Waals surface area contributed by atoms with Crippen LogP contribution in [0, 0.1) is 0 Å². The van der Waals surface area contributed by atoms with Crippen LogP contribution in [-0.4, -0.2) is 77.9 Å². The van der Waals surface area contributed by atoms with Gasteiger partial charge in [0.1, 0.15) is 11.4 Å². The van der Waals surface area contributed by atoms with Gasteiger partial charge in [-0.1, -0.05) is 82.3 Å². The molecule has 0 fully saturated rings. The summed E-state index contributed by atoms with van der Waals surface area (Å²) in [7, 11) is 2.97. The Labute approximate surface area is 334 Å². The number of furan rings is 2. The van der Waals surface area contributed by atoms with E-state index in [1.165, 1.54) is 32.7 Å². The van der Waals surface area contributed by atoms with Crippen LogP contribution in [0.15, 0.2) is 118 Å². The Morgan fingerprint density at radius 3 is 1.45 bits per heavy atom. The summed E-state index contributed by atoms with van der Waals surface area (Å²) in [4.78, 5) is 31.9. The maximum atomic E-state index is 14.0. The molecule has 2 aliphatic rings. The van der Waals surface area contributed by atoms with Crippen molar-refractivity contribution in [3.63, 3.8) is 0 Å². The van der Waals surface area contributed by atoms with E-state index >= 15 is 0 Å². The summed E-state index contributed by atoms with van der Waals surface area (Å²) in [5.74, 6) is 1.99. The second kappa shape index (κ2) is 17.4. The molecule has 4 N–H and O–H groups in total. The molecule has 4 aromatic heterocycles. The van der Waals surface area contributed by atoms with E-state index in [0.29, 0.717) is 49.2 Å². The molecule has 290 valence electrons. The van der Waals surface area contributed by atoms with Crippen LogP contribution < -0.4 is 11.5 Å². The normalized spacial score (nSPS) is 17.7. The van der Waals surface area contributed by atoms with Gasteiger partial charge in [0.25, 0.3) is 0 Å². The van der Waals surface area contributed by atoms with Crippen molar-refractivity contribution in [2.24, 2.45) is 11.5 Å². The Balaban J connectivity index is 0.891. The SMILES string of the molecule is N[C@@H](CSSC[C@H](N)C(=O)N1CCn2nc(-c3ccco3)cc2C1CCc1ccccc1)C(=O)N1CCn2nc(-c3ccco3)cc2C1CCc1ccccc1. The Morgan fingerprint density at radius 1 is 0.625 bits per heavy atom. The second-order valence-electron chi connectivity index (χ2n) is 14.2. The molecule has 14 heteroatoms. The number of carbonyl (C=O) groups is 2. The highest BCUT2D eigenvalue weighted by Gasteiger charge is 2.36. The van der Waals surface area contributed by atoms with E-state index in [1.807, 2.05) is 92.0 Å². The molecule has 4 atom stereocenters. The standard InChI is InChI=1S/C42H46N8O4S2/c43-31(41(51)47-19-21-49-37(25-33(45-49)39-13-7-23-53-39)35(47)17-15-29-9-3-1-4-10-29)27-55-56-28-32(44)42(52)48-20-22-50-38(26-34(46-50)40-14-8-24-54-40)36(48)18-16-30-11-5-2-6-12-30/h1-14,23-26,31-32,35-36H,15-22,27-28,43-44H2/t31-,32-,35?,36?/m0/s1. The van der Waals surface area contributed by atoms with Crippen molar-refractivity contribution in [3.8, 4) is 22.9 Å². The minimum atomic E-state index is -0.717. The number of rotatable bonds is 15. The number of aromatic nitrogens is 4. The molecule has 0 spiro atoms. The molecule has 6 aromatic rings. The minimum absolute atomic E-state index is 0.0939. The number of nitrogens with zero attached hydrogens (tertiary/aromatic N) is 6. The fourth-order valence-electron chi connectivity index (χ4n) is 7.72. The van der Waals surface area contributed by atoms with Crippen molar-refractivity contribution in [2.75, 3.05) is 24.6 Å². The van der Waals surface area contributed by atoms with Gasteiger partial charge in [0, 0.05) is 24.6 Å². The van der Waals surface area contributed by atoms with Crippen molar-refractivity contribution < 1.29 is 18.4 Å².